The van der Waals surface area contributed by atoms with E-state index in [-0.39, 0.29) is 6.04 Å². The minimum absolute atomic E-state index is 0.178. The van der Waals surface area contributed by atoms with E-state index in [1.807, 2.05) is 12.1 Å². The monoisotopic (exact) mass is 250 g/mol. The molecule has 1 aromatic rings. The number of ether oxygens (including phenoxy) is 2. The van der Waals surface area contributed by atoms with Gasteiger partial charge in [-0.2, -0.15) is 0 Å². The topological polar surface area (TPSA) is 47.7 Å². The molecule has 0 bridgehead atoms. The molecule has 18 heavy (non-hydrogen) atoms. The number of rotatable bonds is 5. The molecule has 1 heterocycles. The van der Waals surface area contributed by atoms with Crippen LogP contribution in [0.5, 0.6) is 5.75 Å². The van der Waals surface area contributed by atoms with Crippen LogP contribution in [0.25, 0.3) is 0 Å². The van der Waals surface area contributed by atoms with Crippen LogP contribution in [0.1, 0.15) is 5.56 Å². The van der Waals surface area contributed by atoms with E-state index >= 15 is 0 Å². The third kappa shape index (κ3) is 3.45. The highest BCUT2D eigenvalue weighted by Crippen LogP contribution is 2.16. The summed E-state index contributed by atoms with van der Waals surface area (Å²) in [5.74, 6) is 1.35. The second-order valence-electron chi connectivity index (χ2n) is 5.01. The van der Waals surface area contributed by atoms with Crippen molar-refractivity contribution in [1.82, 2.24) is 4.90 Å². The number of nitrogens with zero attached hydrogens (tertiary/aromatic N) is 1. The predicted octanol–water partition coefficient (Wildman–Crippen LogP) is 1.10. The Balaban J connectivity index is 1.88. The molecule has 1 saturated heterocycles. The molecule has 1 aliphatic rings. The molecule has 1 aliphatic heterocycles. The lowest BCUT2D eigenvalue weighted by Gasteiger charge is -2.22. The highest BCUT2D eigenvalue weighted by molar-refractivity contribution is 5.28. The zero-order chi connectivity index (χ0) is 13.0. The molecule has 1 aromatic carbocycles. The van der Waals surface area contributed by atoms with Crippen molar-refractivity contribution in [2.75, 3.05) is 33.9 Å². The molecule has 0 aliphatic carbocycles. The van der Waals surface area contributed by atoms with E-state index in [1.165, 1.54) is 5.56 Å². The van der Waals surface area contributed by atoms with Gasteiger partial charge in [-0.3, -0.25) is 0 Å². The standard InChI is InChI=1S/C14H22N2O2/c1-16(8-12-9-18-10-14(12)15)7-11-4-3-5-13(6-11)17-2/h3-6,12,14H,7-10,15H2,1-2H3. The van der Waals surface area contributed by atoms with Gasteiger partial charge in [0.25, 0.3) is 0 Å². The lowest BCUT2D eigenvalue weighted by molar-refractivity contribution is 0.172. The fourth-order valence-electron chi connectivity index (χ4n) is 2.35. The van der Waals surface area contributed by atoms with Crippen LogP contribution in [-0.2, 0) is 11.3 Å². The van der Waals surface area contributed by atoms with Gasteiger partial charge in [0, 0.05) is 25.0 Å². The van der Waals surface area contributed by atoms with Crippen molar-refractivity contribution in [3.05, 3.63) is 29.8 Å². The third-order valence-corrected chi connectivity index (χ3v) is 3.38. The maximum atomic E-state index is 5.99. The SMILES string of the molecule is COc1cccc(CN(C)CC2COCC2N)c1. The van der Waals surface area contributed by atoms with E-state index in [0.29, 0.717) is 12.5 Å². The Morgan fingerprint density at radius 2 is 2.28 bits per heavy atom. The van der Waals surface area contributed by atoms with Gasteiger partial charge in [-0.05, 0) is 24.7 Å². The molecule has 0 spiro atoms. The first-order valence-corrected chi connectivity index (χ1v) is 6.34. The Hall–Kier alpha value is -1.10. The maximum Gasteiger partial charge on any atom is 0.119 e. The molecule has 0 saturated carbocycles. The average Bonchev–Trinajstić information content (AvgIpc) is 2.75. The van der Waals surface area contributed by atoms with Crippen LogP contribution in [0.15, 0.2) is 24.3 Å². The first kappa shape index (κ1) is 13.3. The van der Waals surface area contributed by atoms with E-state index in [1.54, 1.807) is 7.11 Å². The maximum absolute atomic E-state index is 5.99. The van der Waals surface area contributed by atoms with E-state index in [9.17, 15) is 0 Å². The van der Waals surface area contributed by atoms with Gasteiger partial charge < -0.3 is 20.1 Å². The van der Waals surface area contributed by atoms with Crippen LogP contribution in [0.2, 0.25) is 0 Å². The van der Waals surface area contributed by atoms with Crippen LogP contribution in [0.3, 0.4) is 0 Å². The summed E-state index contributed by atoms with van der Waals surface area (Å²) in [6.45, 7) is 3.35. The second-order valence-corrected chi connectivity index (χ2v) is 5.01. The number of methoxy groups -OCH3 is 1. The normalized spacial score (nSPS) is 23.6. The Labute approximate surface area is 109 Å². The Bertz CT molecular complexity index is 384. The molecule has 2 rings (SSSR count). The van der Waals surface area contributed by atoms with Crippen LogP contribution in [-0.4, -0.2) is 44.9 Å². The van der Waals surface area contributed by atoms with E-state index in [0.717, 1.165) is 25.4 Å². The van der Waals surface area contributed by atoms with E-state index in [2.05, 4.69) is 24.1 Å². The molecule has 100 valence electrons. The van der Waals surface area contributed by atoms with Gasteiger partial charge in [-0.15, -0.1) is 0 Å². The zero-order valence-corrected chi connectivity index (χ0v) is 11.1. The van der Waals surface area contributed by atoms with Crippen molar-refractivity contribution in [3.8, 4) is 5.75 Å². The van der Waals surface area contributed by atoms with Crippen molar-refractivity contribution in [1.29, 1.82) is 0 Å². The lowest BCUT2D eigenvalue weighted by atomic mass is 10.0. The summed E-state index contributed by atoms with van der Waals surface area (Å²) in [6, 6.07) is 8.35. The Morgan fingerprint density at radius 1 is 1.44 bits per heavy atom. The van der Waals surface area contributed by atoms with Crippen LogP contribution in [0.4, 0.5) is 0 Å². The molecule has 4 nitrogen and oxygen atoms in total. The molecule has 2 atom stereocenters. The highest BCUT2D eigenvalue weighted by Gasteiger charge is 2.25. The minimum atomic E-state index is 0.178. The Kier molecular flexibility index (Phi) is 4.58. The summed E-state index contributed by atoms with van der Waals surface area (Å²) < 4.78 is 10.6. The van der Waals surface area contributed by atoms with Crippen LogP contribution >= 0.6 is 0 Å². The number of hydrogen-bond donors (Lipinski definition) is 1. The molecule has 0 radical (unpaired) electrons. The summed E-state index contributed by atoms with van der Waals surface area (Å²) in [5, 5.41) is 0. The van der Waals surface area contributed by atoms with Crippen molar-refractivity contribution in [3.63, 3.8) is 0 Å². The fourth-order valence-corrected chi connectivity index (χ4v) is 2.35. The quantitative estimate of drug-likeness (QED) is 0.850. The summed E-state index contributed by atoms with van der Waals surface area (Å²) in [4.78, 5) is 2.29. The Morgan fingerprint density at radius 3 is 2.94 bits per heavy atom. The van der Waals surface area contributed by atoms with Crippen molar-refractivity contribution in [2.45, 2.75) is 12.6 Å². The number of hydrogen-bond acceptors (Lipinski definition) is 4. The summed E-state index contributed by atoms with van der Waals surface area (Å²) in [7, 11) is 3.81. The van der Waals surface area contributed by atoms with Crippen molar-refractivity contribution >= 4 is 0 Å². The van der Waals surface area contributed by atoms with Crippen molar-refractivity contribution in [2.24, 2.45) is 11.7 Å². The van der Waals surface area contributed by atoms with Gasteiger partial charge in [0.2, 0.25) is 0 Å². The van der Waals surface area contributed by atoms with Gasteiger partial charge in [0.1, 0.15) is 5.75 Å². The predicted molar refractivity (Wildman–Crippen MR) is 71.6 cm³/mol. The lowest BCUT2D eigenvalue weighted by Crippen LogP contribution is -2.36. The molecule has 0 aromatic heterocycles. The third-order valence-electron chi connectivity index (χ3n) is 3.38. The fraction of sp³-hybridized carbons (Fsp3) is 0.571. The zero-order valence-electron chi connectivity index (χ0n) is 11.1. The van der Waals surface area contributed by atoms with Gasteiger partial charge in [0.15, 0.2) is 0 Å². The van der Waals surface area contributed by atoms with Gasteiger partial charge in [-0.1, -0.05) is 12.1 Å². The van der Waals surface area contributed by atoms with E-state index in [4.69, 9.17) is 15.2 Å². The summed E-state index contributed by atoms with van der Waals surface area (Å²) >= 11 is 0. The minimum Gasteiger partial charge on any atom is -0.497 e. The molecule has 1 fully saturated rings. The highest BCUT2D eigenvalue weighted by atomic mass is 16.5. The molecule has 2 N–H and O–H groups in total. The van der Waals surface area contributed by atoms with Gasteiger partial charge in [-0.25, -0.2) is 0 Å². The average molecular weight is 250 g/mol. The molecule has 0 amide bonds. The summed E-state index contributed by atoms with van der Waals surface area (Å²) in [6.07, 6.45) is 0. The second kappa shape index (κ2) is 6.18. The van der Waals surface area contributed by atoms with Crippen molar-refractivity contribution < 1.29 is 9.47 Å². The molecular weight excluding hydrogens is 228 g/mol. The first-order chi connectivity index (χ1) is 8.69. The molecular formula is C14H22N2O2. The van der Waals surface area contributed by atoms with Crippen LogP contribution < -0.4 is 10.5 Å². The smallest absolute Gasteiger partial charge is 0.119 e. The summed E-state index contributed by atoms with van der Waals surface area (Å²) in [5.41, 5.74) is 7.25. The first-order valence-electron chi connectivity index (χ1n) is 6.34. The molecule has 4 heteroatoms. The van der Waals surface area contributed by atoms with E-state index < -0.39 is 0 Å². The van der Waals surface area contributed by atoms with Gasteiger partial charge in [0.05, 0.1) is 20.3 Å². The van der Waals surface area contributed by atoms with Crippen LogP contribution in [0, 0.1) is 5.92 Å². The largest absolute Gasteiger partial charge is 0.497 e. The van der Waals surface area contributed by atoms with Gasteiger partial charge >= 0.3 is 0 Å². The molecule has 2 unspecified atom stereocenters. The number of benzene rings is 1. The number of nitrogens with two attached hydrogens (primary N) is 1.